The average Bonchev–Trinajstić information content (AvgIpc) is 2.52. The van der Waals surface area contributed by atoms with Gasteiger partial charge in [0.1, 0.15) is 0 Å². The summed E-state index contributed by atoms with van der Waals surface area (Å²) in [5.41, 5.74) is 0. The molecular formula is C18H32O4. The molecular weight excluding hydrogens is 280 g/mol. The first-order valence-electron chi connectivity index (χ1n) is 8.97. The first-order valence-corrected chi connectivity index (χ1v) is 8.97. The molecule has 1 saturated carbocycles. The van der Waals surface area contributed by atoms with Crippen LogP contribution in [0.4, 0.5) is 0 Å². The maximum absolute atomic E-state index is 12.1. The Hall–Kier alpha value is -1.06. The predicted octanol–water partition coefficient (Wildman–Crippen LogP) is 4.42. The second-order valence-corrected chi connectivity index (χ2v) is 6.67. The van der Waals surface area contributed by atoms with Crippen molar-refractivity contribution in [2.75, 3.05) is 6.61 Å². The third-order valence-corrected chi connectivity index (χ3v) is 4.78. The summed E-state index contributed by atoms with van der Waals surface area (Å²) in [5.74, 6) is -0.721. The van der Waals surface area contributed by atoms with Gasteiger partial charge in [0, 0.05) is 0 Å². The smallest absolute Gasteiger partial charge is 0.308 e. The van der Waals surface area contributed by atoms with Gasteiger partial charge in [-0.1, -0.05) is 39.5 Å². The number of carboxylic acids is 1. The van der Waals surface area contributed by atoms with Gasteiger partial charge >= 0.3 is 11.9 Å². The second kappa shape index (κ2) is 10.6. The maximum Gasteiger partial charge on any atom is 0.308 e. The van der Waals surface area contributed by atoms with Crippen LogP contribution in [0.1, 0.15) is 78.1 Å². The lowest BCUT2D eigenvalue weighted by molar-refractivity contribution is -0.154. The fraction of sp³-hybridized carbons (Fsp3) is 0.889. The standard InChI is InChI=1S/C18H32O4/c1-3-5-6-8-14(7-4-2)13-22-18(21)16-11-9-15(10-12-16)17(19)20/h14-16H,3-13H2,1-2H3,(H,19,20). The molecule has 0 radical (unpaired) electrons. The van der Waals surface area contributed by atoms with E-state index in [1.807, 2.05) is 0 Å². The molecule has 4 heteroatoms. The highest BCUT2D eigenvalue weighted by Gasteiger charge is 2.30. The van der Waals surface area contributed by atoms with Crippen molar-refractivity contribution >= 4 is 11.9 Å². The first kappa shape index (κ1) is 19.0. The molecule has 1 rings (SSSR count). The summed E-state index contributed by atoms with van der Waals surface area (Å²) >= 11 is 0. The van der Waals surface area contributed by atoms with E-state index in [9.17, 15) is 9.59 Å². The Bertz CT molecular complexity index is 332. The summed E-state index contributed by atoms with van der Waals surface area (Å²) in [5, 5.41) is 8.98. The number of rotatable bonds is 10. The second-order valence-electron chi connectivity index (χ2n) is 6.67. The van der Waals surface area contributed by atoms with Crippen LogP contribution >= 0.6 is 0 Å². The molecule has 1 unspecified atom stereocenters. The summed E-state index contributed by atoms with van der Waals surface area (Å²) in [4.78, 5) is 23.1. The van der Waals surface area contributed by atoms with E-state index < -0.39 is 5.97 Å². The van der Waals surface area contributed by atoms with Gasteiger partial charge in [-0.25, -0.2) is 0 Å². The van der Waals surface area contributed by atoms with Crippen molar-refractivity contribution in [1.29, 1.82) is 0 Å². The van der Waals surface area contributed by atoms with Crippen molar-refractivity contribution in [3.8, 4) is 0 Å². The van der Waals surface area contributed by atoms with E-state index in [1.54, 1.807) is 0 Å². The van der Waals surface area contributed by atoms with Gasteiger partial charge in [0.2, 0.25) is 0 Å². The van der Waals surface area contributed by atoms with Gasteiger partial charge in [0.05, 0.1) is 18.4 Å². The predicted molar refractivity (Wildman–Crippen MR) is 86.6 cm³/mol. The molecule has 0 bridgehead atoms. The molecule has 0 aromatic carbocycles. The summed E-state index contributed by atoms with van der Waals surface area (Å²) < 4.78 is 5.54. The monoisotopic (exact) mass is 312 g/mol. The van der Waals surface area contributed by atoms with E-state index in [1.165, 1.54) is 19.3 Å². The molecule has 0 aliphatic heterocycles. The normalized spacial score (nSPS) is 23.0. The van der Waals surface area contributed by atoms with Gasteiger partial charge in [-0.15, -0.1) is 0 Å². The number of carbonyl (C=O) groups excluding carboxylic acids is 1. The largest absolute Gasteiger partial charge is 0.481 e. The van der Waals surface area contributed by atoms with Gasteiger partial charge in [-0.05, 0) is 44.4 Å². The molecule has 0 saturated heterocycles. The zero-order valence-corrected chi connectivity index (χ0v) is 14.2. The number of esters is 1. The lowest BCUT2D eigenvalue weighted by atomic mass is 9.82. The van der Waals surface area contributed by atoms with Gasteiger partial charge < -0.3 is 9.84 Å². The van der Waals surface area contributed by atoms with E-state index in [0.717, 1.165) is 19.3 Å². The molecule has 0 heterocycles. The third kappa shape index (κ3) is 6.80. The molecule has 1 N–H and O–H groups in total. The van der Waals surface area contributed by atoms with Crippen LogP contribution < -0.4 is 0 Å². The van der Waals surface area contributed by atoms with Gasteiger partial charge in [-0.3, -0.25) is 9.59 Å². The van der Waals surface area contributed by atoms with Crippen molar-refractivity contribution in [3.63, 3.8) is 0 Å². The highest BCUT2D eigenvalue weighted by molar-refractivity contribution is 5.74. The minimum absolute atomic E-state index is 0.0893. The lowest BCUT2D eigenvalue weighted by Gasteiger charge is -2.25. The van der Waals surface area contributed by atoms with E-state index in [0.29, 0.717) is 38.2 Å². The van der Waals surface area contributed by atoms with Crippen molar-refractivity contribution < 1.29 is 19.4 Å². The van der Waals surface area contributed by atoms with E-state index in [2.05, 4.69) is 13.8 Å². The van der Waals surface area contributed by atoms with Crippen molar-refractivity contribution in [1.82, 2.24) is 0 Å². The Labute approximate surface area is 134 Å². The third-order valence-electron chi connectivity index (χ3n) is 4.78. The maximum atomic E-state index is 12.1. The number of hydrogen-bond acceptors (Lipinski definition) is 3. The highest BCUT2D eigenvalue weighted by Crippen LogP contribution is 2.30. The minimum Gasteiger partial charge on any atom is -0.481 e. The van der Waals surface area contributed by atoms with Crippen molar-refractivity contribution in [2.24, 2.45) is 17.8 Å². The Morgan fingerprint density at radius 1 is 1.00 bits per heavy atom. The summed E-state index contributed by atoms with van der Waals surface area (Å²) in [6, 6.07) is 0. The molecule has 1 aliphatic rings. The zero-order chi connectivity index (χ0) is 16.4. The van der Waals surface area contributed by atoms with Crippen LogP contribution in [0, 0.1) is 17.8 Å². The number of carboxylic acid groups (broad SMARTS) is 1. The summed E-state index contributed by atoms with van der Waals surface area (Å²) in [6.45, 7) is 4.90. The fourth-order valence-corrected chi connectivity index (χ4v) is 3.30. The molecule has 1 fully saturated rings. The first-order chi connectivity index (χ1) is 10.6. The molecule has 22 heavy (non-hydrogen) atoms. The SMILES string of the molecule is CCCCCC(CCC)COC(=O)C1CCC(C(=O)O)CC1. The van der Waals surface area contributed by atoms with Gasteiger partial charge in [0.25, 0.3) is 0 Å². The number of carbonyl (C=O) groups is 2. The zero-order valence-electron chi connectivity index (χ0n) is 14.2. The molecule has 128 valence electrons. The van der Waals surface area contributed by atoms with E-state index in [-0.39, 0.29) is 17.8 Å². The number of unbranched alkanes of at least 4 members (excludes halogenated alkanes) is 2. The van der Waals surface area contributed by atoms with Crippen LogP contribution in [-0.2, 0) is 14.3 Å². The number of ether oxygens (including phenoxy) is 1. The molecule has 1 aliphatic carbocycles. The van der Waals surface area contributed by atoms with Crippen LogP contribution in [0.25, 0.3) is 0 Å². The minimum atomic E-state index is -0.731. The van der Waals surface area contributed by atoms with E-state index >= 15 is 0 Å². The Balaban J connectivity index is 2.29. The Kier molecular flexibility index (Phi) is 9.17. The quantitative estimate of drug-likeness (QED) is 0.479. The van der Waals surface area contributed by atoms with Crippen LogP contribution in [0.15, 0.2) is 0 Å². The number of aliphatic carboxylic acids is 1. The summed E-state index contributed by atoms with van der Waals surface area (Å²) in [6.07, 6.45) is 9.56. The molecule has 0 aromatic heterocycles. The molecule has 1 atom stereocenters. The Morgan fingerprint density at radius 2 is 1.64 bits per heavy atom. The van der Waals surface area contributed by atoms with Crippen molar-refractivity contribution in [3.05, 3.63) is 0 Å². The number of hydrogen-bond donors (Lipinski definition) is 1. The van der Waals surface area contributed by atoms with Crippen LogP contribution in [0.3, 0.4) is 0 Å². The van der Waals surface area contributed by atoms with Gasteiger partial charge in [0.15, 0.2) is 0 Å². The van der Waals surface area contributed by atoms with Crippen LogP contribution in [-0.4, -0.2) is 23.7 Å². The van der Waals surface area contributed by atoms with Gasteiger partial charge in [-0.2, -0.15) is 0 Å². The molecule has 4 nitrogen and oxygen atoms in total. The van der Waals surface area contributed by atoms with E-state index in [4.69, 9.17) is 9.84 Å². The molecule has 0 aromatic rings. The molecule has 0 amide bonds. The van der Waals surface area contributed by atoms with Crippen molar-refractivity contribution in [2.45, 2.75) is 78.1 Å². The fourth-order valence-electron chi connectivity index (χ4n) is 3.30. The topological polar surface area (TPSA) is 63.6 Å². The average molecular weight is 312 g/mol. The summed E-state index contributed by atoms with van der Waals surface area (Å²) in [7, 11) is 0. The van der Waals surface area contributed by atoms with Crippen LogP contribution in [0.2, 0.25) is 0 Å². The van der Waals surface area contributed by atoms with Crippen LogP contribution in [0.5, 0.6) is 0 Å². The Morgan fingerprint density at radius 3 is 2.18 bits per heavy atom. The molecule has 0 spiro atoms. The lowest BCUT2D eigenvalue weighted by Crippen LogP contribution is -2.28. The highest BCUT2D eigenvalue weighted by atomic mass is 16.5.